The van der Waals surface area contributed by atoms with E-state index in [-0.39, 0.29) is 29.3 Å². The molecular weight excluding hydrogens is 309 g/mol. The van der Waals surface area contributed by atoms with Crippen LogP contribution in [0, 0.1) is 11.7 Å². The van der Waals surface area contributed by atoms with Crippen molar-refractivity contribution in [2.24, 2.45) is 5.92 Å². The highest BCUT2D eigenvalue weighted by Gasteiger charge is 2.34. The first-order valence-electron chi connectivity index (χ1n) is 7.38. The number of rotatable bonds is 2. The van der Waals surface area contributed by atoms with Crippen molar-refractivity contribution in [3.8, 4) is 5.75 Å². The van der Waals surface area contributed by atoms with Gasteiger partial charge in [-0.2, -0.15) is 0 Å². The zero-order valence-corrected chi connectivity index (χ0v) is 12.9. The molecule has 3 rings (SSSR count). The van der Waals surface area contributed by atoms with Gasteiger partial charge >= 0.3 is 0 Å². The van der Waals surface area contributed by atoms with Crippen molar-refractivity contribution in [2.75, 3.05) is 18.1 Å². The van der Waals surface area contributed by atoms with Crippen LogP contribution in [-0.4, -0.2) is 32.4 Å². The van der Waals surface area contributed by atoms with Gasteiger partial charge in [-0.25, -0.2) is 12.8 Å². The lowest BCUT2D eigenvalue weighted by atomic mass is 10.00. The minimum atomic E-state index is -3.10. The number of sulfone groups is 1. The Morgan fingerprint density at radius 1 is 1.32 bits per heavy atom. The number of ether oxygens (including phenoxy) is 1. The fourth-order valence-corrected chi connectivity index (χ4v) is 4.73. The summed E-state index contributed by atoms with van der Waals surface area (Å²) in [6.07, 6.45) is 1.74. The van der Waals surface area contributed by atoms with Gasteiger partial charge in [-0.15, -0.1) is 0 Å². The van der Waals surface area contributed by atoms with E-state index in [4.69, 9.17) is 4.74 Å². The van der Waals surface area contributed by atoms with Gasteiger partial charge in [-0.05, 0) is 37.5 Å². The predicted octanol–water partition coefficient (Wildman–Crippen LogP) is 1.59. The van der Waals surface area contributed by atoms with Gasteiger partial charge in [0.05, 0.1) is 30.1 Å². The molecule has 0 aliphatic carbocycles. The topological polar surface area (TPSA) is 72.5 Å². The highest BCUT2D eigenvalue weighted by atomic mass is 32.2. The smallest absolute Gasteiger partial charge is 0.224 e. The molecule has 1 saturated heterocycles. The zero-order valence-electron chi connectivity index (χ0n) is 12.0. The Labute approximate surface area is 128 Å². The molecule has 1 aromatic rings. The molecule has 7 heteroatoms. The molecule has 1 fully saturated rings. The molecule has 0 spiro atoms. The quantitative estimate of drug-likeness (QED) is 0.895. The summed E-state index contributed by atoms with van der Waals surface area (Å²) in [6, 6.07) is 3.92. The number of amides is 1. The number of benzene rings is 1. The van der Waals surface area contributed by atoms with Gasteiger partial charge in [-0.3, -0.25) is 4.79 Å². The minimum Gasteiger partial charge on any atom is -0.493 e. The summed E-state index contributed by atoms with van der Waals surface area (Å²) >= 11 is 0. The average molecular weight is 327 g/mol. The van der Waals surface area contributed by atoms with Gasteiger partial charge in [0.1, 0.15) is 11.6 Å². The fourth-order valence-electron chi connectivity index (χ4n) is 2.99. The second-order valence-corrected chi connectivity index (χ2v) is 8.06. The number of hydrogen-bond acceptors (Lipinski definition) is 4. The van der Waals surface area contributed by atoms with Gasteiger partial charge in [0, 0.05) is 5.56 Å². The Morgan fingerprint density at radius 2 is 2.14 bits per heavy atom. The molecule has 2 atom stereocenters. The number of hydrogen-bond donors (Lipinski definition) is 1. The van der Waals surface area contributed by atoms with Gasteiger partial charge in [0.15, 0.2) is 9.84 Å². The first-order chi connectivity index (χ1) is 10.4. The van der Waals surface area contributed by atoms with Gasteiger partial charge in [0.2, 0.25) is 5.91 Å². The molecule has 120 valence electrons. The van der Waals surface area contributed by atoms with Crippen LogP contribution >= 0.6 is 0 Å². The van der Waals surface area contributed by atoms with E-state index < -0.39 is 15.8 Å². The van der Waals surface area contributed by atoms with Crippen LogP contribution in [0.3, 0.4) is 0 Å². The van der Waals surface area contributed by atoms with E-state index in [1.165, 1.54) is 12.1 Å². The minimum absolute atomic E-state index is 0.0596. The van der Waals surface area contributed by atoms with Crippen LogP contribution < -0.4 is 10.1 Å². The lowest BCUT2D eigenvalue weighted by molar-refractivity contribution is -0.125. The third-order valence-electron chi connectivity index (χ3n) is 4.16. The van der Waals surface area contributed by atoms with Crippen LogP contribution in [-0.2, 0) is 14.6 Å². The Bertz CT molecular complexity index is 689. The van der Waals surface area contributed by atoms with E-state index >= 15 is 0 Å². The van der Waals surface area contributed by atoms with Crippen molar-refractivity contribution < 1.29 is 22.3 Å². The Kier molecular flexibility index (Phi) is 4.08. The third kappa shape index (κ3) is 3.24. The maximum Gasteiger partial charge on any atom is 0.224 e. The molecule has 2 aliphatic rings. The lowest BCUT2D eigenvalue weighted by Gasteiger charge is -2.20. The standard InChI is InChI=1S/C15H18FNO4S/c16-11-3-4-14-12(8-11)13(2-1-6-21-14)17-15(18)10-5-7-22(19,20)9-10/h3-4,8,10,13H,1-2,5-7,9H2,(H,17,18)/t10-,13-/m0/s1. The van der Waals surface area contributed by atoms with Crippen molar-refractivity contribution in [1.82, 2.24) is 5.32 Å². The van der Waals surface area contributed by atoms with E-state index in [9.17, 15) is 17.6 Å². The lowest BCUT2D eigenvalue weighted by Crippen LogP contribution is -2.34. The number of carbonyl (C=O) groups excluding carboxylic acids is 1. The normalized spacial score (nSPS) is 26.6. The summed E-state index contributed by atoms with van der Waals surface area (Å²) in [4.78, 5) is 12.3. The first kappa shape index (κ1) is 15.3. The highest BCUT2D eigenvalue weighted by Crippen LogP contribution is 2.32. The predicted molar refractivity (Wildman–Crippen MR) is 78.8 cm³/mol. The second-order valence-electron chi connectivity index (χ2n) is 5.83. The molecule has 1 amide bonds. The van der Waals surface area contributed by atoms with Gasteiger partial charge in [0.25, 0.3) is 0 Å². The Balaban J connectivity index is 1.78. The van der Waals surface area contributed by atoms with Crippen LogP contribution in [0.4, 0.5) is 4.39 Å². The number of halogens is 1. The first-order valence-corrected chi connectivity index (χ1v) is 9.20. The largest absolute Gasteiger partial charge is 0.493 e. The number of fused-ring (bicyclic) bond motifs is 1. The number of carbonyl (C=O) groups is 1. The van der Waals surface area contributed by atoms with E-state index in [0.717, 1.165) is 6.42 Å². The van der Waals surface area contributed by atoms with Crippen molar-refractivity contribution in [1.29, 1.82) is 0 Å². The summed E-state index contributed by atoms with van der Waals surface area (Å²) in [5.74, 6) is -0.633. The van der Waals surface area contributed by atoms with Crippen LogP contribution in [0.5, 0.6) is 5.75 Å². The molecule has 2 aliphatic heterocycles. The molecule has 0 aromatic heterocycles. The molecule has 5 nitrogen and oxygen atoms in total. The van der Waals surface area contributed by atoms with Crippen LogP contribution in [0.1, 0.15) is 30.9 Å². The summed E-state index contributed by atoms with van der Waals surface area (Å²) in [5, 5.41) is 2.87. The molecule has 0 saturated carbocycles. The molecule has 22 heavy (non-hydrogen) atoms. The fraction of sp³-hybridized carbons (Fsp3) is 0.533. The van der Waals surface area contributed by atoms with Crippen molar-refractivity contribution in [2.45, 2.75) is 25.3 Å². The SMILES string of the molecule is O=C(N[C@H]1CCCOc2ccc(F)cc21)[C@H]1CCS(=O)(=O)C1. The summed E-state index contributed by atoms with van der Waals surface area (Å²) in [7, 11) is -3.10. The number of nitrogens with one attached hydrogen (secondary N) is 1. The molecule has 0 unspecified atom stereocenters. The summed E-state index contributed by atoms with van der Waals surface area (Å²) in [5.41, 5.74) is 0.617. The second kappa shape index (κ2) is 5.87. The van der Waals surface area contributed by atoms with Crippen molar-refractivity contribution in [3.05, 3.63) is 29.6 Å². The van der Waals surface area contributed by atoms with Gasteiger partial charge in [-0.1, -0.05) is 0 Å². The van der Waals surface area contributed by atoms with E-state index in [1.807, 2.05) is 0 Å². The third-order valence-corrected chi connectivity index (χ3v) is 5.93. The average Bonchev–Trinajstić information content (AvgIpc) is 2.72. The van der Waals surface area contributed by atoms with Crippen LogP contribution in [0.2, 0.25) is 0 Å². The highest BCUT2D eigenvalue weighted by molar-refractivity contribution is 7.91. The molecule has 0 radical (unpaired) electrons. The van der Waals surface area contributed by atoms with E-state index in [0.29, 0.717) is 30.8 Å². The van der Waals surface area contributed by atoms with E-state index in [2.05, 4.69) is 5.32 Å². The molecule has 1 N–H and O–H groups in total. The Hall–Kier alpha value is -1.63. The molecule has 2 heterocycles. The van der Waals surface area contributed by atoms with Crippen molar-refractivity contribution >= 4 is 15.7 Å². The summed E-state index contributed by atoms with van der Waals surface area (Å²) in [6.45, 7) is 0.517. The van der Waals surface area contributed by atoms with Crippen molar-refractivity contribution in [3.63, 3.8) is 0 Å². The maximum atomic E-state index is 13.5. The van der Waals surface area contributed by atoms with Crippen LogP contribution in [0.25, 0.3) is 0 Å². The Morgan fingerprint density at radius 3 is 2.86 bits per heavy atom. The van der Waals surface area contributed by atoms with Gasteiger partial charge < -0.3 is 10.1 Å². The van der Waals surface area contributed by atoms with E-state index in [1.54, 1.807) is 6.07 Å². The molecule has 1 aromatic carbocycles. The maximum absolute atomic E-state index is 13.5. The monoisotopic (exact) mass is 327 g/mol. The zero-order chi connectivity index (χ0) is 15.7. The molecular formula is C15H18FNO4S. The summed E-state index contributed by atoms with van der Waals surface area (Å²) < 4.78 is 42.0. The molecule has 0 bridgehead atoms. The van der Waals surface area contributed by atoms with Crippen LogP contribution in [0.15, 0.2) is 18.2 Å².